The first-order valence-corrected chi connectivity index (χ1v) is 13.4. The van der Waals surface area contributed by atoms with Crippen molar-refractivity contribution in [2.75, 3.05) is 12.8 Å². The van der Waals surface area contributed by atoms with Gasteiger partial charge in [0.2, 0.25) is 0 Å². The molecule has 0 aromatic heterocycles. The zero-order valence-corrected chi connectivity index (χ0v) is 20.2. The van der Waals surface area contributed by atoms with E-state index in [2.05, 4.69) is 51.1 Å². The van der Waals surface area contributed by atoms with Crippen molar-refractivity contribution in [3.8, 4) is 5.75 Å². The van der Waals surface area contributed by atoms with E-state index in [4.69, 9.17) is 14.5 Å². The van der Waals surface area contributed by atoms with E-state index < -0.39 is 7.60 Å². The molecule has 31 heavy (non-hydrogen) atoms. The summed E-state index contributed by atoms with van der Waals surface area (Å²) in [5, 5.41) is 0. The second-order valence-corrected chi connectivity index (χ2v) is 10.5. The fourth-order valence-corrected chi connectivity index (χ4v) is 4.49. The molecule has 2 rings (SSSR count). The van der Waals surface area contributed by atoms with Crippen LogP contribution in [0.15, 0.2) is 42.5 Å². The van der Waals surface area contributed by atoms with Gasteiger partial charge in [0.05, 0.1) is 6.61 Å². The third-order valence-electron chi connectivity index (χ3n) is 6.04. The lowest BCUT2D eigenvalue weighted by Crippen LogP contribution is -2.07. The highest BCUT2D eigenvalue weighted by molar-refractivity contribution is 7.51. The first-order chi connectivity index (χ1) is 14.8. The Morgan fingerprint density at radius 1 is 0.903 bits per heavy atom. The lowest BCUT2D eigenvalue weighted by atomic mass is 9.91. The maximum atomic E-state index is 10.9. The summed E-state index contributed by atoms with van der Waals surface area (Å²) in [6.07, 6.45) is 7.84. The molecule has 0 saturated heterocycles. The van der Waals surface area contributed by atoms with Crippen LogP contribution in [0.3, 0.4) is 0 Å². The summed E-state index contributed by atoms with van der Waals surface area (Å²) in [6, 6.07) is 15.1. The van der Waals surface area contributed by atoms with Gasteiger partial charge in [0, 0.05) is 6.16 Å². The Bertz CT molecular complexity index is 826. The van der Waals surface area contributed by atoms with E-state index in [1.807, 2.05) is 12.1 Å². The first-order valence-electron chi connectivity index (χ1n) is 11.6. The quantitative estimate of drug-likeness (QED) is 0.253. The normalized spacial score (nSPS) is 12.7. The summed E-state index contributed by atoms with van der Waals surface area (Å²) in [5.74, 6) is 1.60. The fourth-order valence-electron chi connectivity index (χ4n) is 3.85. The van der Waals surface area contributed by atoms with Gasteiger partial charge in [-0.05, 0) is 92.7 Å². The van der Waals surface area contributed by atoms with E-state index in [0.29, 0.717) is 12.3 Å². The summed E-state index contributed by atoms with van der Waals surface area (Å²) in [5.41, 5.74) is 5.41. The van der Waals surface area contributed by atoms with E-state index in [9.17, 15) is 4.57 Å². The third-order valence-corrected chi connectivity index (χ3v) is 6.94. The second-order valence-electron chi connectivity index (χ2n) is 8.73. The monoisotopic (exact) mass is 446 g/mol. The van der Waals surface area contributed by atoms with Crippen LogP contribution in [0, 0.1) is 19.8 Å². The van der Waals surface area contributed by atoms with E-state index in [-0.39, 0.29) is 6.16 Å². The summed E-state index contributed by atoms with van der Waals surface area (Å²) in [6.45, 7) is 7.37. The molecule has 2 N–H and O–H groups in total. The van der Waals surface area contributed by atoms with Gasteiger partial charge in [-0.1, -0.05) is 50.1 Å². The van der Waals surface area contributed by atoms with Crippen LogP contribution >= 0.6 is 7.60 Å². The summed E-state index contributed by atoms with van der Waals surface area (Å²) < 4.78 is 16.8. The Kier molecular flexibility index (Phi) is 10.8. The van der Waals surface area contributed by atoms with Crippen LogP contribution in [-0.2, 0) is 17.4 Å². The molecule has 0 aliphatic heterocycles. The third kappa shape index (κ3) is 10.5. The van der Waals surface area contributed by atoms with Crippen molar-refractivity contribution in [3.05, 3.63) is 64.7 Å². The van der Waals surface area contributed by atoms with Gasteiger partial charge >= 0.3 is 7.60 Å². The molecule has 0 radical (unpaired) electrons. The van der Waals surface area contributed by atoms with Gasteiger partial charge in [-0.2, -0.15) is 0 Å². The van der Waals surface area contributed by atoms with Crippen LogP contribution in [0.2, 0.25) is 0 Å². The van der Waals surface area contributed by atoms with Crippen molar-refractivity contribution < 1.29 is 19.1 Å². The molecule has 0 aliphatic rings. The Morgan fingerprint density at radius 3 is 2.26 bits per heavy atom. The van der Waals surface area contributed by atoms with Gasteiger partial charge in [-0.25, -0.2) is 0 Å². The van der Waals surface area contributed by atoms with E-state index in [1.165, 1.54) is 35.1 Å². The van der Waals surface area contributed by atoms with Gasteiger partial charge in [0.15, 0.2) is 0 Å². The van der Waals surface area contributed by atoms with Crippen LogP contribution < -0.4 is 4.74 Å². The molecule has 172 valence electrons. The van der Waals surface area contributed by atoms with Gasteiger partial charge in [0.25, 0.3) is 0 Å². The molecule has 0 heterocycles. The van der Waals surface area contributed by atoms with Crippen molar-refractivity contribution in [2.45, 2.75) is 72.1 Å². The molecule has 5 heteroatoms. The van der Waals surface area contributed by atoms with Crippen LogP contribution in [0.4, 0.5) is 0 Å². The molecule has 0 aliphatic carbocycles. The maximum absolute atomic E-state index is 10.9. The number of benzene rings is 2. The molecule has 2 aromatic carbocycles. The van der Waals surface area contributed by atoms with Crippen molar-refractivity contribution in [2.24, 2.45) is 5.92 Å². The van der Waals surface area contributed by atoms with Crippen LogP contribution in [0.25, 0.3) is 0 Å². The van der Waals surface area contributed by atoms with Crippen molar-refractivity contribution >= 4 is 7.60 Å². The van der Waals surface area contributed by atoms with Crippen molar-refractivity contribution in [3.63, 3.8) is 0 Å². The zero-order valence-electron chi connectivity index (χ0n) is 19.3. The number of unbranched alkanes of at least 4 members (excludes halogenated alkanes) is 2. The molecular weight excluding hydrogens is 407 g/mol. The lowest BCUT2D eigenvalue weighted by Gasteiger charge is -2.16. The number of rotatable bonds is 14. The minimum Gasteiger partial charge on any atom is -0.494 e. The second kappa shape index (κ2) is 13.1. The molecule has 1 atom stereocenters. The largest absolute Gasteiger partial charge is 0.494 e. The zero-order chi connectivity index (χ0) is 22.7. The Morgan fingerprint density at radius 2 is 1.61 bits per heavy atom. The molecule has 0 spiro atoms. The van der Waals surface area contributed by atoms with Crippen LogP contribution in [0.1, 0.15) is 67.7 Å². The maximum Gasteiger partial charge on any atom is 0.325 e. The molecule has 0 amide bonds. The van der Waals surface area contributed by atoms with Crippen LogP contribution in [-0.4, -0.2) is 22.6 Å². The predicted octanol–water partition coefficient (Wildman–Crippen LogP) is 6.62. The molecule has 4 nitrogen and oxygen atoms in total. The standard InChI is InChI=1S/C26H39O4P/c1-4-23(20-25-12-11-21(2)22(3)19-25)10-8-17-30-26-15-13-24(14-16-26)9-6-5-7-18-31(27,28)29/h11-16,19,23H,4-10,17-18,20H2,1-3H3,(H2,27,28,29). The topological polar surface area (TPSA) is 66.8 Å². The highest BCUT2D eigenvalue weighted by atomic mass is 31.2. The van der Waals surface area contributed by atoms with Crippen molar-refractivity contribution in [1.29, 1.82) is 0 Å². The predicted molar refractivity (Wildman–Crippen MR) is 129 cm³/mol. The van der Waals surface area contributed by atoms with Crippen LogP contribution in [0.5, 0.6) is 5.75 Å². The Hall–Kier alpha value is -1.61. The summed E-state index contributed by atoms with van der Waals surface area (Å²) in [4.78, 5) is 17.8. The van der Waals surface area contributed by atoms with Crippen molar-refractivity contribution in [1.82, 2.24) is 0 Å². The average molecular weight is 447 g/mol. The Labute approximate surface area is 188 Å². The molecular formula is C26H39O4P. The Balaban J connectivity index is 1.64. The van der Waals surface area contributed by atoms with E-state index in [1.54, 1.807) is 0 Å². The molecule has 0 fully saturated rings. The highest BCUT2D eigenvalue weighted by Gasteiger charge is 2.11. The molecule has 2 aromatic rings. The molecule has 1 unspecified atom stereocenters. The average Bonchev–Trinajstić information content (AvgIpc) is 2.72. The lowest BCUT2D eigenvalue weighted by molar-refractivity contribution is 0.289. The minimum absolute atomic E-state index is 0.0106. The van der Waals surface area contributed by atoms with E-state index >= 15 is 0 Å². The van der Waals surface area contributed by atoms with Gasteiger partial charge < -0.3 is 14.5 Å². The summed E-state index contributed by atoms with van der Waals surface area (Å²) in [7, 11) is -3.85. The van der Waals surface area contributed by atoms with Gasteiger partial charge in [-0.3, -0.25) is 4.57 Å². The fraction of sp³-hybridized carbons (Fsp3) is 0.538. The number of aryl methyl sites for hydroxylation is 3. The van der Waals surface area contributed by atoms with E-state index in [0.717, 1.165) is 44.5 Å². The highest BCUT2D eigenvalue weighted by Crippen LogP contribution is 2.35. The number of ether oxygens (including phenoxy) is 1. The molecule has 0 bridgehead atoms. The number of hydrogen-bond donors (Lipinski definition) is 2. The summed E-state index contributed by atoms with van der Waals surface area (Å²) >= 11 is 0. The first kappa shape index (κ1) is 25.6. The van der Waals surface area contributed by atoms with Gasteiger partial charge in [-0.15, -0.1) is 0 Å². The smallest absolute Gasteiger partial charge is 0.325 e. The molecule has 0 saturated carbocycles. The minimum atomic E-state index is -3.85. The SMILES string of the molecule is CCC(CCCOc1ccc(CCCCCP(=O)(O)O)cc1)Cc1ccc(C)c(C)c1. The number of hydrogen-bond acceptors (Lipinski definition) is 2. The van der Waals surface area contributed by atoms with Gasteiger partial charge in [0.1, 0.15) is 5.75 Å².